The van der Waals surface area contributed by atoms with Crippen LogP contribution in [0.1, 0.15) is 26.2 Å². The number of rotatable bonds is 0. The molecular weight excluding hydrogens is 102 g/mol. The van der Waals surface area contributed by atoms with Crippen LogP contribution in [0.2, 0.25) is 0 Å². The molecule has 2 heteroatoms. The number of hydroxylamine groups is 2. The van der Waals surface area contributed by atoms with Gasteiger partial charge in [0.2, 0.25) is 0 Å². The molecule has 8 heavy (non-hydrogen) atoms. The number of nitrogens with zero attached hydrogens (tertiary/aromatic N) is 1. The summed E-state index contributed by atoms with van der Waals surface area (Å²) in [6.07, 6.45) is 3.41. The lowest BCUT2D eigenvalue weighted by molar-refractivity contribution is 0.230. The third-order valence-electron chi connectivity index (χ3n) is 1.74. The Labute approximate surface area is 50.1 Å². The second kappa shape index (κ2) is 2.46. The Kier molecular flexibility index (Phi) is 1.86. The molecule has 1 fully saturated rings. The lowest BCUT2D eigenvalue weighted by Gasteiger charge is -2.38. The molecule has 0 bridgehead atoms. The van der Waals surface area contributed by atoms with E-state index in [0.717, 1.165) is 19.4 Å². The van der Waals surface area contributed by atoms with Crippen molar-refractivity contribution >= 4 is 0 Å². The first-order valence-electron chi connectivity index (χ1n) is 3.24. The molecule has 1 saturated heterocycles. The zero-order valence-corrected chi connectivity index (χ0v) is 5.26. The zero-order chi connectivity index (χ0) is 5.98. The first-order chi connectivity index (χ1) is 3.80. The number of piperidine rings is 1. The van der Waals surface area contributed by atoms with Crippen molar-refractivity contribution in [2.75, 3.05) is 6.54 Å². The fourth-order valence-corrected chi connectivity index (χ4v) is 1.07. The van der Waals surface area contributed by atoms with Gasteiger partial charge in [-0.1, -0.05) is 13.3 Å². The second-order valence-electron chi connectivity index (χ2n) is 2.49. The van der Waals surface area contributed by atoms with Crippen molar-refractivity contribution in [2.45, 2.75) is 32.2 Å². The molecule has 1 aliphatic rings. The Morgan fingerprint density at radius 1 is 1.50 bits per heavy atom. The van der Waals surface area contributed by atoms with Gasteiger partial charge in [-0.25, -0.2) is 0 Å². The van der Waals surface area contributed by atoms with E-state index >= 15 is 0 Å². The van der Waals surface area contributed by atoms with Crippen LogP contribution in [0, 0.1) is 5.21 Å². The van der Waals surface area contributed by atoms with E-state index in [0.29, 0.717) is 0 Å². The minimum absolute atomic E-state index is 0.281. The summed E-state index contributed by atoms with van der Waals surface area (Å²) in [6.45, 7) is 2.74. The van der Waals surface area contributed by atoms with Crippen LogP contribution in [0.25, 0.3) is 0 Å². The van der Waals surface area contributed by atoms with Gasteiger partial charge < -0.3 is 10.3 Å². The van der Waals surface area contributed by atoms with Gasteiger partial charge in [0.25, 0.3) is 0 Å². The van der Waals surface area contributed by atoms with Crippen molar-refractivity contribution in [3.8, 4) is 0 Å². The van der Waals surface area contributed by atoms with Gasteiger partial charge in [-0.05, 0) is 25.4 Å². The normalized spacial score (nSPS) is 33.0. The summed E-state index contributed by atoms with van der Waals surface area (Å²) in [5, 5.41) is 11.9. The summed E-state index contributed by atoms with van der Waals surface area (Å²) in [7, 11) is 0. The summed E-state index contributed by atoms with van der Waals surface area (Å²) >= 11 is 0. The van der Waals surface area contributed by atoms with E-state index in [4.69, 9.17) is 0 Å². The summed E-state index contributed by atoms with van der Waals surface area (Å²) < 4.78 is 0. The molecule has 0 aromatic rings. The number of hydrogen-bond donors (Lipinski definition) is 0. The van der Waals surface area contributed by atoms with Crippen LogP contribution in [0.15, 0.2) is 0 Å². The molecule has 48 valence electrons. The summed E-state index contributed by atoms with van der Waals surface area (Å²) in [4.78, 5) is 0. The monoisotopic (exact) mass is 114 g/mol. The molecular formula is C6H12NO-. The van der Waals surface area contributed by atoms with Crippen molar-refractivity contribution in [1.82, 2.24) is 5.06 Å². The molecule has 1 atom stereocenters. The molecule has 0 radical (unpaired) electrons. The van der Waals surface area contributed by atoms with Crippen LogP contribution in [0.3, 0.4) is 0 Å². The maximum Gasteiger partial charge on any atom is -0.00550 e. The maximum atomic E-state index is 10.7. The smallest absolute Gasteiger partial charge is 0.00550 e. The predicted molar refractivity (Wildman–Crippen MR) is 33.4 cm³/mol. The number of hydrogen-bond acceptors (Lipinski definition) is 2. The van der Waals surface area contributed by atoms with Gasteiger partial charge in [0.05, 0.1) is 0 Å². The van der Waals surface area contributed by atoms with Gasteiger partial charge >= 0.3 is 0 Å². The van der Waals surface area contributed by atoms with E-state index in [-0.39, 0.29) is 6.04 Å². The molecule has 0 aromatic carbocycles. The van der Waals surface area contributed by atoms with E-state index < -0.39 is 0 Å². The van der Waals surface area contributed by atoms with Gasteiger partial charge in [-0.15, -0.1) is 0 Å². The fraction of sp³-hybridized carbons (Fsp3) is 1.00. The molecule has 0 N–H and O–H groups in total. The largest absolute Gasteiger partial charge is 0.785 e. The van der Waals surface area contributed by atoms with Gasteiger partial charge in [0.1, 0.15) is 0 Å². The second-order valence-corrected chi connectivity index (χ2v) is 2.49. The standard InChI is InChI=1S/C6H12NO/c1-6-4-2-3-5-7(6)8/h6H,2-5H2,1H3/q-1. The van der Waals surface area contributed by atoms with E-state index in [1.165, 1.54) is 11.5 Å². The SMILES string of the molecule is CC1CCCCN1[O-]. The van der Waals surface area contributed by atoms with Crippen LogP contribution in [0.4, 0.5) is 0 Å². The van der Waals surface area contributed by atoms with Gasteiger partial charge in [-0.3, -0.25) is 0 Å². The molecule has 1 rings (SSSR count). The van der Waals surface area contributed by atoms with E-state index in [9.17, 15) is 5.21 Å². The molecule has 0 spiro atoms. The summed E-state index contributed by atoms with van der Waals surface area (Å²) in [6, 6.07) is 0.281. The molecule has 2 nitrogen and oxygen atoms in total. The third kappa shape index (κ3) is 1.20. The highest BCUT2D eigenvalue weighted by atomic mass is 16.5. The molecule has 0 amide bonds. The third-order valence-corrected chi connectivity index (χ3v) is 1.74. The molecule has 0 aromatic heterocycles. The lowest BCUT2D eigenvalue weighted by atomic mass is 10.1. The lowest BCUT2D eigenvalue weighted by Crippen LogP contribution is -2.31. The Morgan fingerprint density at radius 3 is 2.62 bits per heavy atom. The molecule has 1 aliphatic heterocycles. The van der Waals surface area contributed by atoms with Crippen LogP contribution in [-0.2, 0) is 0 Å². The van der Waals surface area contributed by atoms with Crippen LogP contribution in [-0.4, -0.2) is 17.6 Å². The van der Waals surface area contributed by atoms with Crippen LogP contribution < -0.4 is 0 Å². The molecule has 0 saturated carbocycles. The first kappa shape index (κ1) is 6.05. The van der Waals surface area contributed by atoms with E-state index in [2.05, 4.69) is 0 Å². The average Bonchev–Trinajstić information content (AvgIpc) is 1.77. The van der Waals surface area contributed by atoms with Crippen LogP contribution in [0.5, 0.6) is 0 Å². The van der Waals surface area contributed by atoms with Gasteiger partial charge in [-0.2, -0.15) is 0 Å². The van der Waals surface area contributed by atoms with E-state index in [1.54, 1.807) is 0 Å². The fourth-order valence-electron chi connectivity index (χ4n) is 1.07. The van der Waals surface area contributed by atoms with Crippen molar-refractivity contribution in [1.29, 1.82) is 0 Å². The Balaban J connectivity index is 2.28. The highest BCUT2D eigenvalue weighted by Crippen LogP contribution is 2.13. The quantitative estimate of drug-likeness (QED) is 0.475. The molecule has 0 aliphatic carbocycles. The Bertz CT molecular complexity index is 64.9. The van der Waals surface area contributed by atoms with Crippen molar-refractivity contribution < 1.29 is 0 Å². The predicted octanol–water partition coefficient (Wildman–Crippen LogP) is 1.36. The van der Waals surface area contributed by atoms with Crippen LogP contribution >= 0.6 is 0 Å². The molecule has 1 unspecified atom stereocenters. The topological polar surface area (TPSA) is 26.3 Å². The van der Waals surface area contributed by atoms with Crippen molar-refractivity contribution in [3.05, 3.63) is 5.21 Å². The average molecular weight is 114 g/mol. The molecule has 1 heterocycles. The Morgan fingerprint density at radius 2 is 2.25 bits per heavy atom. The maximum absolute atomic E-state index is 10.7. The van der Waals surface area contributed by atoms with Crippen molar-refractivity contribution in [3.63, 3.8) is 0 Å². The highest BCUT2D eigenvalue weighted by molar-refractivity contribution is 4.72. The van der Waals surface area contributed by atoms with Crippen molar-refractivity contribution in [2.24, 2.45) is 0 Å². The minimum atomic E-state index is 0.281. The zero-order valence-electron chi connectivity index (χ0n) is 5.26. The minimum Gasteiger partial charge on any atom is -0.785 e. The highest BCUT2D eigenvalue weighted by Gasteiger charge is 2.08. The Hall–Kier alpha value is -0.0800. The van der Waals surface area contributed by atoms with E-state index in [1.807, 2.05) is 6.92 Å². The summed E-state index contributed by atoms with van der Waals surface area (Å²) in [5.74, 6) is 0. The van der Waals surface area contributed by atoms with Gasteiger partial charge in [0, 0.05) is 0 Å². The summed E-state index contributed by atoms with van der Waals surface area (Å²) in [5.41, 5.74) is 0. The van der Waals surface area contributed by atoms with Gasteiger partial charge in [0.15, 0.2) is 0 Å². The first-order valence-corrected chi connectivity index (χ1v) is 3.24.